The van der Waals surface area contributed by atoms with Crippen LogP contribution in [0.25, 0.3) is 0 Å². The third-order valence-electron chi connectivity index (χ3n) is 3.43. The van der Waals surface area contributed by atoms with E-state index in [1.807, 2.05) is 6.92 Å². The maximum absolute atomic E-state index is 12.0. The fourth-order valence-electron chi connectivity index (χ4n) is 1.93. The van der Waals surface area contributed by atoms with Gasteiger partial charge < -0.3 is 16.4 Å². The molecular formula is C13H17Cl2N3O2. The van der Waals surface area contributed by atoms with Gasteiger partial charge in [0.25, 0.3) is 0 Å². The zero-order chi connectivity index (χ0) is 14.0. The quantitative estimate of drug-likeness (QED) is 0.789. The van der Waals surface area contributed by atoms with Crippen LogP contribution in [0.2, 0.25) is 5.02 Å². The van der Waals surface area contributed by atoms with Gasteiger partial charge in [0.2, 0.25) is 11.8 Å². The Bertz CT molecular complexity index is 518. The lowest BCUT2D eigenvalue weighted by molar-refractivity contribution is -0.121. The van der Waals surface area contributed by atoms with E-state index >= 15 is 0 Å². The largest absolute Gasteiger partial charge is 0.366 e. The molecular weight excluding hydrogens is 301 g/mol. The summed E-state index contributed by atoms with van der Waals surface area (Å²) < 4.78 is 0. The van der Waals surface area contributed by atoms with Gasteiger partial charge in [-0.15, -0.1) is 12.4 Å². The van der Waals surface area contributed by atoms with Crippen molar-refractivity contribution in [3.8, 4) is 0 Å². The van der Waals surface area contributed by atoms with Gasteiger partial charge >= 0.3 is 0 Å². The van der Waals surface area contributed by atoms with Gasteiger partial charge in [0, 0.05) is 11.6 Å². The summed E-state index contributed by atoms with van der Waals surface area (Å²) in [5.41, 5.74) is 5.94. The second kappa shape index (κ2) is 6.92. The van der Waals surface area contributed by atoms with E-state index in [-0.39, 0.29) is 34.8 Å². The number of primary amides is 1. The van der Waals surface area contributed by atoms with Gasteiger partial charge in [-0.1, -0.05) is 18.5 Å². The van der Waals surface area contributed by atoms with Crippen LogP contribution in [0.15, 0.2) is 18.2 Å². The number of nitrogens with one attached hydrogen (secondary N) is 2. The average molecular weight is 318 g/mol. The van der Waals surface area contributed by atoms with Crippen LogP contribution in [0.4, 0.5) is 5.69 Å². The van der Waals surface area contributed by atoms with Gasteiger partial charge in [-0.2, -0.15) is 0 Å². The Morgan fingerprint density at radius 1 is 1.45 bits per heavy atom. The van der Waals surface area contributed by atoms with Crippen LogP contribution >= 0.6 is 24.0 Å². The van der Waals surface area contributed by atoms with Crippen LogP contribution in [0, 0.1) is 11.8 Å². The highest BCUT2D eigenvalue weighted by Crippen LogP contribution is 2.22. The standard InChI is InChI=1S/C13H16ClN3O2.ClH/c1-7(8-5-16-6-8)13(19)17-9-2-3-11(14)10(4-9)12(15)18;/h2-4,7-8,16H,5-6H2,1H3,(H2,15,18)(H,17,19);1H. The molecule has 0 bridgehead atoms. The van der Waals surface area contributed by atoms with E-state index in [2.05, 4.69) is 10.6 Å². The topological polar surface area (TPSA) is 84.2 Å². The Hall–Kier alpha value is -1.30. The minimum atomic E-state index is -0.614. The molecule has 1 aromatic carbocycles. The molecule has 1 atom stereocenters. The Morgan fingerprint density at radius 3 is 2.60 bits per heavy atom. The predicted molar refractivity (Wildman–Crippen MR) is 81.4 cm³/mol. The molecule has 1 aromatic rings. The van der Waals surface area contributed by atoms with Crippen LogP contribution < -0.4 is 16.4 Å². The highest BCUT2D eigenvalue weighted by Gasteiger charge is 2.28. The van der Waals surface area contributed by atoms with Gasteiger partial charge in [-0.25, -0.2) is 0 Å². The monoisotopic (exact) mass is 317 g/mol. The van der Waals surface area contributed by atoms with Gasteiger partial charge in [0.05, 0.1) is 10.6 Å². The van der Waals surface area contributed by atoms with Crippen LogP contribution in [-0.4, -0.2) is 24.9 Å². The van der Waals surface area contributed by atoms with E-state index in [0.29, 0.717) is 11.6 Å². The fraction of sp³-hybridized carbons (Fsp3) is 0.385. The summed E-state index contributed by atoms with van der Waals surface area (Å²) in [6.45, 7) is 3.62. The van der Waals surface area contributed by atoms with Gasteiger partial charge in [-0.05, 0) is 37.2 Å². The van der Waals surface area contributed by atoms with E-state index < -0.39 is 5.91 Å². The van der Waals surface area contributed by atoms with Crippen LogP contribution in [0.1, 0.15) is 17.3 Å². The summed E-state index contributed by atoms with van der Waals surface area (Å²) in [4.78, 5) is 23.2. The number of hydrogen-bond donors (Lipinski definition) is 3. The van der Waals surface area contributed by atoms with E-state index in [9.17, 15) is 9.59 Å². The number of carbonyl (C=O) groups excluding carboxylic acids is 2. The lowest BCUT2D eigenvalue weighted by Crippen LogP contribution is -2.48. The molecule has 1 saturated heterocycles. The van der Waals surface area contributed by atoms with E-state index in [1.54, 1.807) is 12.1 Å². The number of carbonyl (C=O) groups is 2. The van der Waals surface area contributed by atoms with Crippen molar-refractivity contribution in [2.75, 3.05) is 18.4 Å². The normalized spacial score (nSPS) is 15.7. The lowest BCUT2D eigenvalue weighted by atomic mass is 9.88. The molecule has 0 saturated carbocycles. The van der Waals surface area contributed by atoms with Crippen molar-refractivity contribution < 1.29 is 9.59 Å². The van der Waals surface area contributed by atoms with Crippen LogP contribution in [0.3, 0.4) is 0 Å². The first-order valence-electron chi connectivity index (χ1n) is 6.10. The first kappa shape index (κ1) is 16.8. The number of anilines is 1. The van der Waals surface area contributed by atoms with E-state index in [4.69, 9.17) is 17.3 Å². The minimum Gasteiger partial charge on any atom is -0.366 e. The molecule has 0 radical (unpaired) electrons. The first-order valence-corrected chi connectivity index (χ1v) is 6.47. The molecule has 2 rings (SSSR count). The molecule has 4 N–H and O–H groups in total. The highest BCUT2D eigenvalue weighted by molar-refractivity contribution is 6.34. The van der Waals surface area contributed by atoms with Crippen molar-refractivity contribution in [3.63, 3.8) is 0 Å². The van der Waals surface area contributed by atoms with Crippen molar-refractivity contribution in [1.82, 2.24) is 5.32 Å². The van der Waals surface area contributed by atoms with Crippen LogP contribution in [-0.2, 0) is 4.79 Å². The molecule has 20 heavy (non-hydrogen) atoms. The summed E-state index contributed by atoms with van der Waals surface area (Å²) in [6, 6.07) is 4.69. The summed E-state index contributed by atoms with van der Waals surface area (Å²) >= 11 is 5.85. The summed E-state index contributed by atoms with van der Waals surface area (Å²) in [5, 5.41) is 6.19. The van der Waals surface area contributed by atoms with Crippen molar-refractivity contribution in [2.24, 2.45) is 17.6 Å². The molecule has 1 aliphatic heterocycles. The molecule has 110 valence electrons. The Morgan fingerprint density at radius 2 is 2.10 bits per heavy atom. The maximum atomic E-state index is 12.0. The molecule has 1 fully saturated rings. The van der Waals surface area contributed by atoms with Gasteiger partial charge in [0.15, 0.2) is 0 Å². The molecule has 0 spiro atoms. The molecule has 0 aliphatic carbocycles. The van der Waals surface area contributed by atoms with E-state index in [0.717, 1.165) is 13.1 Å². The summed E-state index contributed by atoms with van der Waals surface area (Å²) in [5.74, 6) is -0.390. The lowest BCUT2D eigenvalue weighted by Gasteiger charge is -2.31. The minimum absolute atomic E-state index is 0. The summed E-state index contributed by atoms with van der Waals surface area (Å²) in [6.07, 6.45) is 0. The number of hydrogen-bond acceptors (Lipinski definition) is 3. The molecule has 1 unspecified atom stereocenters. The second-order valence-electron chi connectivity index (χ2n) is 4.76. The molecule has 5 nitrogen and oxygen atoms in total. The molecule has 0 aromatic heterocycles. The molecule has 2 amide bonds. The Balaban J connectivity index is 0.00000200. The number of benzene rings is 1. The molecule has 1 aliphatic rings. The van der Waals surface area contributed by atoms with Gasteiger partial charge in [0.1, 0.15) is 0 Å². The molecule has 1 heterocycles. The fourth-order valence-corrected chi connectivity index (χ4v) is 2.14. The Kier molecular flexibility index (Phi) is 5.80. The van der Waals surface area contributed by atoms with Crippen molar-refractivity contribution >= 4 is 41.5 Å². The number of halogens is 2. The first-order chi connectivity index (χ1) is 8.99. The maximum Gasteiger partial charge on any atom is 0.250 e. The second-order valence-corrected chi connectivity index (χ2v) is 5.16. The third-order valence-corrected chi connectivity index (χ3v) is 3.76. The van der Waals surface area contributed by atoms with Crippen molar-refractivity contribution in [2.45, 2.75) is 6.92 Å². The number of nitrogens with two attached hydrogens (primary N) is 1. The zero-order valence-electron chi connectivity index (χ0n) is 11.0. The highest BCUT2D eigenvalue weighted by atomic mass is 35.5. The smallest absolute Gasteiger partial charge is 0.250 e. The zero-order valence-corrected chi connectivity index (χ0v) is 12.6. The number of amides is 2. The Labute approximate surface area is 128 Å². The van der Waals surface area contributed by atoms with Crippen molar-refractivity contribution in [1.29, 1.82) is 0 Å². The van der Waals surface area contributed by atoms with E-state index in [1.165, 1.54) is 6.07 Å². The predicted octanol–water partition coefficient (Wildman–Crippen LogP) is 1.65. The average Bonchev–Trinajstić information content (AvgIpc) is 2.28. The van der Waals surface area contributed by atoms with Crippen LogP contribution in [0.5, 0.6) is 0 Å². The van der Waals surface area contributed by atoms with Crippen molar-refractivity contribution in [3.05, 3.63) is 28.8 Å². The van der Waals surface area contributed by atoms with Gasteiger partial charge in [-0.3, -0.25) is 9.59 Å². The number of rotatable bonds is 4. The molecule has 7 heteroatoms. The SMILES string of the molecule is CC(C(=O)Nc1ccc(Cl)c(C(N)=O)c1)C1CNC1.Cl. The third kappa shape index (κ3) is 3.62. The summed E-state index contributed by atoms with van der Waals surface area (Å²) in [7, 11) is 0.